The summed E-state index contributed by atoms with van der Waals surface area (Å²) in [6, 6.07) is 10.6. The zero-order valence-corrected chi connectivity index (χ0v) is 12.4. The van der Waals surface area contributed by atoms with Crippen molar-refractivity contribution in [3.63, 3.8) is 0 Å². The highest BCUT2D eigenvalue weighted by atomic mass is 79.9. The molecule has 2 rings (SSSR count). The topological polar surface area (TPSA) is 21.3 Å². The van der Waals surface area contributed by atoms with Gasteiger partial charge in [-0.1, -0.05) is 28.1 Å². The first-order chi connectivity index (χ1) is 9.10. The van der Waals surface area contributed by atoms with Crippen LogP contribution in [-0.2, 0) is 6.54 Å². The van der Waals surface area contributed by atoms with Crippen molar-refractivity contribution in [1.29, 1.82) is 0 Å². The molecule has 2 aromatic rings. The van der Waals surface area contributed by atoms with E-state index in [1.165, 1.54) is 6.07 Å². The maximum atomic E-state index is 13.7. The summed E-state index contributed by atoms with van der Waals surface area (Å²) in [5.41, 5.74) is 1.94. The monoisotopic (exact) mass is 323 g/mol. The van der Waals surface area contributed by atoms with Crippen LogP contribution in [0.4, 0.5) is 4.39 Å². The smallest absolute Gasteiger partial charge is 0.165 e. The zero-order chi connectivity index (χ0) is 13.8. The Bertz CT molecular complexity index is 586. The van der Waals surface area contributed by atoms with Crippen LogP contribution < -0.4 is 10.1 Å². The highest BCUT2D eigenvalue weighted by Gasteiger charge is 2.09. The van der Waals surface area contributed by atoms with Crippen molar-refractivity contribution in [1.82, 2.24) is 5.32 Å². The third-order valence-corrected chi connectivity index (χ3v) is 3.20. The molecule has 0 aliphatic heterocycles. The molecule has 2 nitrogen and oxygen atoms in total. The predicted octanol–water partition coefficient (Wildman–Crippen LogP) is 4.41. The largest absolute Gasteiger partial charge is 0.454 e. The lowest BCUT2D eigenvalue weighted by molar-refractivity contribution is 0.436. The minimum absolute atomic E-state index is 0.246. The second-order valence-electron chi connectivity index (χ2n) is 4.32. The maximum absolute atomic E-state index is 13.7. The first-order valence-electron chi connectivity index (χ1n) is 5.97. The average Bonchev–Trinajstić information content (AvgIpc) is 2.37. The van der Waals surface area contributed by atoms with Gasteiger partial charge < -0.3 is 10.1 Å². The normalized spacial score (nSPS) is 10.5. The molecule has 0 amide bonds. The third-order valence-electron chi connectivity index (χ3n) is 2.70. The predicted molar refractivity (Wildman–Crippen MR) is 78.1 cm³/mol. The summed E-state index contributed by atoms with van der Waals surface area (Å²) in [5, 5.41) is 3.07. The Morgan fingerprint density at radius 2 is 1.95 bits per heavy atom. The fourth-order valence-corrected chi connectivity index (χ4v) is 2.11. The van der Waals surface area contributed by atoms with Gasteiger partial charge in [0.25, 0.3) is 0 Å². The number of benzene rings is 2. The standard InChI is InChI=1S/C15H15BrFNO/c1-10-3-6-13(17)15(7-10)19-14-8-12(16)5-4-11(14)9-18-2/h3-8,18H,9H2,1-2H3. The Morgan fingerprint density at radius 3 is 2.68 bits per heavy atom. The van der Waals surface area contributed by atoms with Gasteiger partial charge in [-0.25, -0.2) is 4.39 Å². The Balaban J connectivity index is 2.36. The maximum Gasteiger partial charge on any atom is 0.165 e. The summed E-state index contributed by atoms with van der Waals surface area (Å²) in [6.07, 6.45) is 0. The van der Waals surface area contributed by atoms with Crippen LogP contribution in [0.5, 0.6) is 11.5 Å². The van der Waals surface area contributed by atoms with Gasteiger partial charge in [0, 0.05) is 16.6 Å². The van der Waals surface area contributed by atoms with Crippen LogP contribution in [0.15, 0.2) is 40.9 Å². The molecule has 19 heavy (non-hydrogen) atoms. The summed E-state index contributed by atoms with van der Waals surface area (Å²) in [7, 11) is 1.86. The number of aryl methyl sites for hydroxylation is 1. The molecular weight excluding hydrogens is 309 g/mol. The van der Waals surface area contributed by atoms with Crippen LogP contribution in [0, 0.1) is 12.7 Å². The molecule has 0 fully saturated rings. The minimum Gasteiger partial charge on any atom is -0.454 e. The van der Waals surface area contributed by atoms with Crippen LogP contribution in [0.25, 0.3) is 0 Å². The molecule has 0 bridgehead atoms. The minimum atomic E-state index is -0.360. The van der Waals surface area contributed by atoms with Crippen molar-refractivity contribution >= 4 is 15.9 Å². The van der Waals surface area contributed by atoms with E-state index in [2.05, 4.69) is 21.2 Å². The van der Waals surface area contributed by atoms with E-state index in [0.717, 1.165) is 15.6 Å². The van der Waals surface area contributed by atoms with Crippen molar-refractivity contribution < 1.29 is 9.13 Å². The van der Waals surface area contributed by atoms with Gasteiger partial charge in [-0.2, -0.15) is 0 Å². The Hall–Kier alpha value is -1.39. The molecule has 100 valence electrons. The number of hydrogen-bond donors (Lipinski definition) is 1. The lowest BCUT2D eigenvalue weighted by Gasteiger charge is -2.12. The van der Waals surface area contributed by atoms with E-state index >= 15 is 0 Å². The van der Waals surface area contributed by atoms with Crippen molar-refractivity contribution in [3.8, 4) is 11.5 Å². The fourth-order valence-electron chi connectivity index (χ4n) is 1.77. The van der Waals surface area contributed by atoms with Crippen molar-refractivity contribution in [2.45, 2.75) is 13.5 Å². The fraction of sp³-hybridized carbons (Fsp3) is 0.200. The van der Waals surface area contributed by atoms with Gasteiger partial charge in [-0.05, 0) is 43.8 Å². The van der Waals surface area contributed by atoms with E-state index in [4.69, 9.17) is 4.74 Å². The second-order valence-corrected chi connectivity index (χ2v) is 5.23. The van der Waals surface area contributed by atoms with Crippen LogP contribution in [-0.4, -0.2) is 7.05 Å². The lowest BCUT2D eigenvalue weighted by atomic mass is 10.2. The Labute approximate surface area is 120 Å². The highest BCUT2D eigenvalue weighted by Crippen LogP contribution is 2.30. The SMILES string of the molecule is CNCc1ccc(Br)cc1Oc1cc(C)ccc1F. The average molecular weight is 324 g/mol. The molecule has 0 saturated carbocycles. The van der Waals surface area contributed by atoms with Gasteiger partial charge in [0.15, 0.2) is 11.6 Å². The molecule has 2 aromatic carbocycles. The van der Waals surface area contributed by atoms with E-state index in [9.17, 15) is 4.39 Å². The summed E-state index contributed by atoms with van der Waals surface area (Å²) in [6.45, 7) is 2.57. The quantitative estimate of drug-likeness (QED) is 0.899. The third kappa shape index (κ3) is 3.55. The van der Waals surface area contributed by atoms with Gasteiger partial charge in [-0.3, -0.25) is 0 Å². The Kier molecular flexibility index (Phi) is 4.56. The number of rotatable bonds is 4. The molecule has 1 N–H and O–H groups in total. The summed E-state index contributed by atoms with van der Waals surface area (Å²) >= 11 is 3.40. The molecular formula is C15H15BrFNO. The molecule has 0 aromatic heterocycles. The summed E-state index contributed by atoms with van der Waals surface area (Å²) in [5.74, 6) is 0.532. The molecule has 0 spiro atoms. The molecule has 0 saturated heterocycles. The lowest BCUT2D eigenvalue weighted by Crippen LogP contribution is -2.06. The van der Waals surface area contributed by atoms with Crippen LogP contribution in [0.3, 0.4) is 0 Å². The van der Waals surface area contributed by atoms with E-state index in [1.54, 1.807) is 12.1 Å². The number of nitrogens with one attached hydrogen (secondary N) is 1. The van der Waals surface area contributed by atoms with Gasteiger partial charge in [-0.15, -0.1) is 0 Å². The van der Waals surface area contributed by atoms with Crippen molar-refractivity contribution in [2.75, 3.05) is 7.05 Å². The molecule has 0 unspecified atom stereocenters. The van der Waals surface area contributed by atoms with Crippen LogP contribution in [0.2, 0.25) is 0 Å². The Morgan fingerprint density at radius 1 is 1.16 bits per heavy atom. The van der Waals surface area contributed by atoms with Crippen molar-refractivity contribution in [3.05, 3.63) is 57.8 Å². The number of halogens is 2. The summed E-state index contributed by atoms with van der Waals surface area (Å²) in [4.78, 5) is 0. The first kappa shape index (κ1) is 14.0. The molecule has 0 aliphatic carbocycles. The molecule has 0 radical (unpaired) electrons. The van der Waals surface area contributed by atoms with Crippen LogP contribution >= 0.6 is 15.9 Å². The molecule has 0 atom stereocenters. The molecule has 0 aliphatic rings. The van der Waals surface area contributed by atoms with Gasteiger partial charge in [0.2, 0.25) is 0 Å². The van der Waals surface area contributed by atoms with Crippen molar-refractivity contribution in [2.24, 2.45) is 0 Å². The molecule has 0 heterocycles. The van der Waals surface area contributed by atoms with Crippen LogP contribution in [0.1, 0.15) is 11.1 Å². The number of ether oxygens (including phenoxy) is 1. The second kappa shape index (κ2) is 6.17. The molecule has 4 heteroatoms. The van der Waals surface area contributed by atoms with Gasteiger partial charge in [0.05, 0.1) is 0 Å². The number of hydrogen-bond acceptors (Lipinski definition) is 2. The van der Waals surface area contributed by atoms with E-state index in [0.29, 0.717) is 12.3 Å². The summed E-state index contributed by atoms with van der Waals surface area (Å²) < 4.78 is 20.3. The first-order valence-corrected chi connectivity index (χ1v) is 6.76. The van der Waals surface area contributed by atoms with E-state index < -0.39 is 0 Å². The van der Waals surface area contributed by atoms with Gasteiger partial charge in [0.1, 0.15) is 5.75 Å². The zero-order valence-electron chi connectivity index (χ0n) is 10.8. The van der Waals surface area contributed by atoms with E-state index in [-0.39, 0.29) is 11.6 Å². The van der Waals surface area contributed by atoms with E-state index in [1.807, 2.05) is 32.2 Å². The van der Waals surface area contributed by atoms with Gasteiger partial charge >= 0.3 is 0 Å². The highest BCUT2D eigenvalue weighted by molar-refractivity contribution is 9.10.